The number of benzene rings is 1. The molecule has 3 heteroatoms. The molecular weight excluding hydrogens is 190 g/mol. The molecule has 0 bridgehead atoms. The Hall–Kier alpha value is -1.95. The van der Waals surface area contributed by atoms with Gasteiger partial charge in [0, 0.05) is 5.56 Å². The molecule has 78 valence electrons. The first kappa shape index (κ1) is 11.1. The summed E-state index contributed by atoms with van der Waals surface area (Å²) in [5.74, 6) is 1.38. The number of hydrogen-bond donors (Lipinski definition) is 0. The van der Waals surface area contributed by atoms with Gasteiger partial charge in [-0.15, -0.1) is 0 Å². The lowest BCUT2D eigenvalue weighted by Crippen LogP contribution is -1.91. The number of ether oxygens (including phenoxy) is 2. The van der Waals surface area contributed by atoms with Crippen LogP contribution in [0.4, 0.5) is 0 Å². The van der Waals surface area contributed by atoms with E-state index in [4.69, 9.17) is 14.7 Å². The second-order valence-corrected chi connectivity index (χ2v) is 3.00. The van der Waals surface area contributed by atoms with E-state index in [-0.39, 0.29) is 0 Å². The van der Waals surface area contributed by atoms with E-state index in [2.05, 4.69) is 6.07 Å². The summed E-state index contributed by atoms with van der Waals surface area (Å²) in [4.78, 5) is 0. The summed E-state index contributed by atoms with van der Waals surface area (Å²) in [6.45, 7) is 1.73. The molecule has 0 saturated heterocycles. The number of nitrogens with zero attached hydrogens (tertiary/aromatic N) is 1. The molecule has 0 N–H and O–H groups in total. The average Bonchev–Trinajstić information content (AvgIpc) is 2.30. The van der Waals surface area contributed by atoms with E-state index in [1.54, 1.807) is 21.1 Å². The predicted octanol–water partition coefficient (Wildman–Crippen LogP) is 2.60. The maximum absolute atomic E-state index is 8.79. The summed E-state index contributed by atoms with van der Waals surface area (Å²) in [6.07, 6.45) is 0. The predicted molar refractivity (Wildman–Crippen MR) is 58.2 cm³/mol. The highest BCUT2D eigenvalue weighted by Gasteiger charge is 2.05. The van der Waals surface area contributed by atoms with Crippen molar-refractivity contribution < 1.29 is 9.47 Å². The molecule has 0 atom stereocenters. The fourth-order valence-electron chi connectivity index (χ4n) is 1.28. The van der Waals surface area contributed by atoms with Crippen LogP contribution < -0.4 is 4.74 Å². The number of nitriles is 1. The summed E-state index contributed by atoms with van der Waals surface area (Å²) in [7, 11) is 3.17. The monoisotopic (exact) mass is 203 g/mol. The Labute approximate surface area is 89.6 Å². The SMILES string of the molecule is CO/C(=C(/C)C#N)c1ccc(OC)cc1. The van der Waals surface area contributed by atoms with Gasteiger partial charge < -0.3 is 9.47 Å². The first-order valence-corrected chi connectivity index (χ1v) is 4.52. The lowest BCUT2D eigenvalue weighted by Gasteiger charge is -2.07. The van der Waals surface area contributed by atoms with Gasteiger partial charge in [-0.3, -0.25) is 0 Å². The van der Waals surface area contributed by atoms with Crippen LogP contribution in [-0.2, 0) is 4.74 Å². The van der Waals surface area contributed by atoms with Crippen LogP contribution in [0.5, 0.6) is 5.75 Å². The molecule has 0 aliphatic carbocycles. The maximum atomic E-state index is 8.79. The van der Waals surface area contributed by atoms with Gasteiger partial charge in [0.25, 0.3) is 0 Å². The van der Waals surface area contributed by atoms with Crippen LogP contribution in [-0.4, -0.2) is 14.2 Å². The minimum Gasteiger partial charge on any atom is -0.497 e. The van der Waals surface area contributed by atoms with Crippen LogP contribution in [0.1, 0.15) is 12.5 Å². The van der Waals surface area contributed by atoms with E-state index in [1.165, 1.54) is 0 Å². The minimum absolute atomic E-state index is 0.558. The second kappa shape index (κ2) is 5.06. The third-order valence-electron chi connectivity index (χ3n) is 2.06. The smallest absolute Gasteiger partial charge is 0.139 e. The van der Waals surface area contributed by atoms with Crippen molar-refractivity contribution in [2.75, 3.05) is 14.2 Å². The van der Waals surface area contributed by atoms with Gasteiger partial charge in [0.2, 0.25) is 0 Å². The van der Waals surface area contributed by atoms with E-state index in [1.807, 2.05) is 24.3 Å². The zero-order chi connectivity index (χ0) is 11.3. The summed E-state index contributed by atoms with van der Waals surface area (Å²) in [5.41, 5.74) is 1.43. The fraction of sp³-hybridized carbons (Fsp3) is 0.250. The van der Waals surface area contributed by atoms with E-state index in [0.717, 1.165) is 11.3 Å². The molecule has 0 spiro atoms. The molecule has 0 radical (unpaired) electrons. The quantitative estimate of drug-likeness (QED) is 0.560. The van der Waals surface area contributed by atoms with Crippen molar-refractivity contribution in [3.05, 3.63) is 35.4 Å². The number of allylic oxidation sites excluding steroid dienone is 1. The standard InChI is InChI=1S/C12H13NO2/c1-9(8-13)12(15-3)10-4-6-11(14-2)7-5-10/h4-7H,1-3H3/b12-9-. The van der Waals surface area contributed by atoms with Gasteiger partial charge in [0.1, 0.15) is 11.5 Å². The van der Waals surface area contributed by atoms with Gasteiger partial charge in [-0.25, -0.2) is 0 Å². The molecule has 1 aromatic carbocycles. The van der Waals surface area contributed by atoms with E-state index >= 15 is 0 Å². The third-order valence-corrected chi connectivity index (χ3v) is 2.06. The van der Waals surface area contributed by atoms with Crippen LogP contribution in [0.2, 0.25) is 0 Å². The fourth-order valence-corrected chi connectivity index (χ4v) is 1.28. The molecule has 0 saturated carbocycles. The molecule has 0 aliphatic rings. The summed E-state index contributed by atoms with van der Waals surface area (Å²) in [5, 5.41) is 8.79. The van der Waals surface area contributed by atoms with Gasteiger partial charge >= 0.3 is 0 Å². The van der Waals surface area contributed by atoms with Gasteiger partial charge in [-0.1, -0.05) is 0 Å². The van der Waals surface area contributed by atoms with Crippen molar-refractivity contribution in [1.29, 1.82) is 5.26 Å². The van der Waals surface area contributed by atoms with Crippen LogP contribution in [0, 0.1) is 11.3 Å². The van der Waals surface area contributed by atoms with Crippen molar-refractivity contribution >= 4 is 5.76 Å². The highest BCUT2D eigenvalue weighted by Crippen LogP contribution is 2.21. The van der Waals surface area contributed by atoms with Crippen LogP contribution in [0.15, 0.2) is 29.8 Å². The molecule has 0 amide bonds. The van der Waals surface area contributed by atoms with Gasteiger partial charge in [0.15, 0.2) is 0 Å². The molecule has 0 heterocycles. The Morgan fingerprint density at radius 2 is 1.80 bits per heavy atom. The second-order valence-electron chi connectivity index (χ2n) is 3.00. The normalized spacial score (nSPS) is 11.3. The number of methoxy groups -OCH3 is 2. The van der Waals surface area contributed by atoms with Crippen LogP contribution in [0.25, 0.3) is 5.76 Å². The average molecular weight is 203 g/mol. The van der Waals surface area contributed by atoms with Crippen molar-refractivity contribution in [2.24, 2.45) is 0 Å². The minimum atomic E-state index is 0.558. The Kier molecular flexibility index (Phi) is 3.75. The first-order chi connectivity index (χ1) is 7.22. The molecule has 0 aromatic heterocycles. The van der Waals surface area contributed by atoms with E-state index < -0.39 is 0 Å². The third kappa shape index (κ3) is 2.50. The Balaban J connectivity index is 3.10. The molecule has 0 fully saturated rings. The molecule has 0 unspecified atom stereocenters. The molecule has 0 aliphatic heterocycles. The Morgan fingerprint density at radius 3 is 2.20 bits per heavy atom. The van der Waals surface area contributed by atoms with Crippen molar-refractivity contribution in [3.8, 4) is 11.8 Å². The summed E-state index contributed by atoms with van der Waals surface area (Å²) >= 11 is 0. The number of rotatable bonds is 3. The maximum Gasteiger partial charge on any atom is 0.139 e. The summed E-state index contributed by atoms with van der Waals surface area (Å²) in [6, 6.07) is 9.45. The van der Waals surface area contributed by atoms with E-state index in [9.17, 15) is 0 Å². The van der Waals surface area contributed by atoms with Gasteiger partial charge in [-0.2, -0.15) is 5.26 Å². The van der Waals surface area contributed by atoms with Crippen molar-refractivity contribution in [3.63, 3.8) is 0 Å². The largest absolute Gasteiger partial charge is 0.497 e. The highest BCUT2D eigenvalue weighted by atomic mass is 16.5. The van der Waals surface area contributed by atoms with Crippen molar-refractivity contribution in [1.82, 2.24) is 0 Å². The molecule has 1 rings (SSSR count). The topological polar surface area (TPSA) is 42.2 Å². The Bertz CT molecular complexity index is 399. The molecular formula is C12H13NO2. The van der Waals surface area contributed by atoms with E-state index in [0.29, 0.717) is 11.3 Å². The lowest BCUT2D eigenvalue weighted by molar-refractivity contribution is 0.367. The zero-order valence-corrected chi connectivity index (χ0v) is 9.07. The van der Waals surface area contributed by atoms with Crippen molar-refractivity contribution in [2.45, 2.75) is 6.92 Å². The van der Waals surface area contributed by atoms with Crippen LogP contribution in [0.3, 0.4) is 0 Å². The number of hydrogen-bond acceptors (Lipinski definition) is 3. The van der Waals surface area contributed by atoms with Gasteiger partial charge in [0.05, 0.1) is 25.9 Å². The highest BCUT2D eigenvalue weighted by molar-refractivity contribution is 5.66. The van der Waals surface area contributed by atoms with Crippen LogP contribution >= 0.6 is 0 Å². The lowest BCUT2D eigenvalue weighted by atomic mass is 10.1. The van der Waals surface area contributed by atoms with Gasteiger partial charge in [-0.05, 0) is 31.2 Å². The molecule has 3 nitrogen and oxygen atoms in total. The molecule has 15 heavy (non-hydrogen) atoms. The summed E-state index contributed by atoms with van der Waals surface area (Å²) < 4.78 is 10.2. The Morgan fingerprint density at radius 1 is 1.20 bits per heavy atom. The zero-order valence-electron chi connectivity index (χ0n) is 9.07. The molecule has 1 aromatic rings. The first-order valence-electron chi connectivity index (χ1n) is 4.52.